The lowest BCUT2D eigenvalue weighted by Crippen LogP contribution is -2.16. The molecule has 1 aliphatic carbocycles. The fourth-order valence-corrected chi connectivity index (χ4v) is 2.28. The molecule has 19 heavy (non-hydrogen) atoms. The Morgan fingerprint density at radius 3 is 2.74 bits per heavy atom. The van der Waals surface area contributed by atoms with Crippen LogP contribution >= 0.6 is 0 Å². The first-order valence-electron chi connectivity index (χ1n) is 6.32. The Kier molecular flexibility index (Phi) is 2.91. The normalized spacial score (nSPS) is 20.8. The Hall–Kier alpha value is -2.36. The first-order valence-corrected chi connectivity index (χ1v) is 6.32. The van der Waals surface area contributed by atoms with Crippen LogP contribution in [0.2, 0.25) is 0 Å². The summed E-state index contributed by atoms with van der Waals surface area (Å²) in [5, 5.41) is 2.80. The number of hydrogen-bond acceptors (Lipinski definition) is 3. The third-order valence-electron chi connectivity index (χ3n) is 3.44. The van der Waals surface area contributed by atoms with Crippen LogP contribution < -0.4 is 11.1 Å². The van der Waals surface area contributed by atoms with E-state index in [0.717, 1.165) is 6.42 Å². The number of nitrogens with one attached hydrogen (secondary N) is 1. The molecular formula is C15H15N3O. The molecule has 2 atom stereocenters. The first kappa shape index (κ1) is 11.7. The number of amides is 1. The number of carbonyl (C=O) groups is 1. The Morgan fingerprint density at radius 1 is 1.21 bits per heavy atom. The minimum Gasteiger partial charge on any atom is -0.396 e. The highest BCUT2D eigenvalue weighted by Gasteiger charge is 2.43. The van der Waals surface area contributed by atoms with E-state index in [1.54, 1.807) is 18.3 Å². The molecule has 0 aliphatic heterocycles. The summed E-state index contributed by atoms with van der Waals surface area (Å²) in [6.45, 7) is 0. The van der Waals surface area contributed by atoms with E-state index < -0.39 is 0 Å². The minimum atomic E-state index is -0.000692. The van der Waals surface area contributed by atoms with Crippen LogP contribution in [-0.4, -0.2) is 10.9 Å². The first-order chi connectivity index (χ1) is 9.25. The van der Waals surface area contributed by atoms with Crippen molar-refractivity contribution in [2.24, 2.45) is 5.92 Å². The molecule has 0 bridgehead atoms. The molecule has 3 rings (SSSR count). The van der Waals surface area contributed by atoms with Crippen LogP contribution in [0.3, 0.4) is 0 Å². The van der Waals surface area contributed by atoms with Gasteiger partial charge in [-0.05, 0) is 30.0 Å². The number of nitrogens with two attached hydrogens (primary N) is 1. The molecule has 96 valence electrons. The fraction of sp³-hybridized carbons (Fsp3) is 0.200. The maximum Gasteiger partial charge on any atom is 0.229 e. The molecule has 0 radical (unpaired) electrons. The highest BCUT2D eigenvalue weighted by molar-refractivity contribution is 5.96. The van der Waals surface area contributed by atoms with E-state index in [9.17, 15) is 4.79 Å². The second kappa shape index (κ2) is 4.72. The summed E-state index contributed by atoms with van der Waals surface area (Å²) in [5.74, 6) is 0.806. The van der Waals surface area contributed by atoms with Gasteiger partial charge >= 0.3 is 0 Å². The van der Waals surface area contributed by atoms with Crippen LogP contribution in [0, 0.1) is 5.92 Å². The summed E-state index contributed by atoms with van der Waals surface area (Å²) in [6, 6.07) is 13.6. The van der Waals surface area contributed by atoms with Gasteiger partial charge in [0, 0.05) is 12.1 Å². The molecule has 1 fully saturated rings. The smallest absolute Gasteiger partial charge is 0.229 e. The Balaban J connectivity index is 1.66. The van der Waals surface area contributed by atoms with Crippen molar-refractivity contribution >= 4 is 17.4 Å². The molecule has 1 aliphatic rings. The lowest BCUT2D eigenvalue weighted by molar-refractivity contribution is -0.117. The SMILES string of the molecule is Nc1cccnc1NC(=O)C1CC1c1ccccc1. The monoisotopic (exact) mass is 253 g/mol. The lowest BCUT2D eigenvalue weighted by Gasteiger charge is -2.06. The van der Waals surface area contributed by atoms with Gasteiger partial charge in [0.25, 0.3) is 0 Å². The highest BCUT2D eigenvalue weighted by Crippen LogP contribution is 2.47. The lowest BCUT2D eigenvalue weighted by atomic mass is 10.1. The molecule has 1 aromatic heterocycles. The van der Waals surface area contributed by atoms with Gasteiger partial charge in [-0.1, -0.05) is 30.3 Å². The van der Waals surface area contributed by atoms with E-state index in [2.05, 4.69) is 22.4 Å². The molecule has 1 aromatic carbocycles. The molecule has 1 saturated carbocycles. The van der Waals surface area contributed by atoms with Crippen molar-refractivity contribution in [3.8, 4) is 0 Å². The molecule has 4 nitrogen and oxygen atoms in total. The Morgan fingerprint density at radius 2 is 2.00 bits per heavy atom. The second-order valence-electron chi connectivity index (χ2n) is 4.79. The van der Waals surface area contributed by atoms with Crippen LogP contribution in [0.15, 0.2) is 48.7 Å². The summed E-state index contributed by atoms with van der Waals surface area (Å²) < 4.78 is 0. The van der Waals surface area contributed by atoms with Gasteiger partial charge in [-0.2, -0.15) is 0 Å². The van der Waals surface area contributed by atoms with Crippen LogP contribution in [-0.2, 0) is 4.79 Å². The Bertz CT molecular complexity index is 597. The number of aromatic nitrogens is 1. The predicted molar refractivity (Wildman–Crippen MR) is 74.6 cm³/mol. The molecule has 2 aromatic rings. The van der Waals surface area contributed by atoms with Crippen LogP contribution in [0.4, 0.5) is 11.5 Å². The molecule has 0 spiro atoms. The standard InChI is InChI=1S/C15H15N3O/c16-13-7-4-8-17-14(13)18-15(19)12-9-11(12)10-5-2-1-3-6-10/h1-8,11-12H,9,16H2,(H,17,18,19). The van der Waals surface area contributed by atoms with Gasteiger partial charge < -0.3 is 11.1 Å². The van der Waals surface area contributed by atoms with E-state index in [-0.39, 0.29) is 11.8 Å². The van der Waals surface area contributed by atoms with Gasteiger partial charge in [0.15, 0.2) is 5.82 Å². The topological polar surface area (TPSA) is 68.0 Å². The van der Waals surface area contributed by atoms with Gasteiger partial charge in [0.05, 0.1) is 5.69 Å². The highest BCUT2D eigenvalue weighted by atomic mass is 16.2. The van der Waals surface area contributed by atoms with E-state index >= 15 is 0 Å². The van der Waals surface area contributed by atoms with E-state index in [4.69, 9.17) is 5.73 Å². The summed E-state index contributed by atoms with van der Waals surface area (Å²) in [6.07, 6.45) is 2.51. The summed E-state index contributed by atoms with van der Waals surface area (Å²) >= 11 is 0. The van der Waals surface area contributed by atoms with Gasteiger partial charge in [-0.15, -0.1) is 0 Å². The number of pyridine rings is 1. The van der Waals surface area contributed by atoms with Crippen LogP contribution in [0.25, 0.3) is 0 Å². The number of nitrogens with zero attached hydrogens (tertiary/aromatic N) is 1. The summed E-state index contributed by atoms with van der Waals surface area (Å²) in [4.78, 5) is 16.2. The largest absolute Gasteiger partial charge is 0.396 e. The number of hydrogen-bond donors (Lipinski definition) is 2. The zero-order valence-electron chi connectivity index (χ0n) is 10.4. The second-order valence-corrected chi connectivity index (χ2v) is 4.79. The zero-order chi connectivity index (χ0) is 13.2. The van der Waals surface area contributed by atoms with Gasteiger partial charge in [0.2, 0.25) is 5.91 Å². The molecular weight excluding hydrogens is 238 g/mol. The predicted octanol–water partition coefficient (Wildman–Crippen LogP) is 2.41. The molecule has 3 N–H and O–H groups in total. The maximum atomic E-state index is 12.1. The number of anilines is 2. The Labute approximate surface area is 111 Å². The quantitative estimate of drug-likeness (QED) is 0.882. The molecule has 2 unspecified atom stereocenters. The fourth-order valence-electron chi connectivity index (χ4n) is 2.28. The van der Waals surface area contributed by atoms with Crippen molar-refractivity contribution in [2.45, 2.75) is 12.3 Å². The summed E-state index contributed by atoms with van der Waals surface area (Å²) in [7, 11) is 0. The average molecular weight is 253 g/mol. The van der Waals surface area contributed by atoms with Gasteiger partial charge in [-0.25, -0.2) is 4.98 Å². The van der Waals surface area contributed by atoms with Crippen molar-refractivity contribution in [3.05, 3.63) is 54.2 Å². The minimum absolute atomic E-state index is 0.000692. The van der Waals surface area contributed by atoms with Crippen molar-refractivity contribution in [1.29, 1.82) is 0 Å². The van der Waals surface area contributed by atoms with Crippen LogP contribution in [0.1, 0.15) is 17.9 Å². The number of nitrogen functional groups attached to an aromatic ring is 1. The molecule has 1 heterocycles. The van der Waals surface area contributed by atoms with Crippen LogP contribution in [0.5, 0.6) is 0 Å². The van der Waals surface area contributed by atoms with E-state index in [0.29, 0.717) is 17.4 Å². The van der Waals surface area contributed by atoms with Crippen molar-refractivity contribution in [2.75, 3.05) is 11.1 Å². The molecule has 0 saturated heterocycles. The third kappa shape index (κ3) is 2.42. The number of carbonyl (C=O) groups excluding carboxylic acids is 1. The summed E-state index contributed by atoms with van der Waals surface area (Å²) in [5.41, 5.74) is 7.47. The number of benzene rings is 1. The van der Waals surface area contributed by atoms with E-state index in [1.807, 2.05) is 18.2 Å². The molecule has 1 amide bonds. The van der Waals surface area contributed by atoms with Crippen molar-refractivity contribution < 1.29 is 4.79 Å². The van der Waals surface area contributed by atoms with Gasteiger partial charge in [-0.3, -0.25) is 4.79 Å². The average Bonchev–Trinajstić information content (AvgIpc) is 3.23. The van der Waals surface area contributed by atoms with Gasteiger partial charge in [0.1, 0.15) is 0 Å². The molecule has 4 heteroatoms. The third-order valence-corrected chi connectivity index (χ3v) is 3.44. The maximum absolute atomic E-state index is 12.1. The van der Waals surface area contributed by atoms with Crippen molar-refractivity contribution in [1.82, 2.24) is 4.98 Å². The van der Waals surface area contributed by atoms with Crippen molar-refractivity contribution in [3.63, 3.8) is 0 Å². The number of rotatable bonds is 3. The van der Waals surface area contributed by atoms with E-state index in [1.165, 1.54) is 5.56 Å². The zero-order valence-corrected chi connectivity index (χ0v) is 10.4.